The lowest BCUT2D eigenvalue weighted by molar-refractivity contribution is -0.126. The van der Waals surface area contributed by atoms with Crippen LogP contribution in [0.15, 0.2) is 17.5 Å². The fraction of sp³-hybridized carbons (Fsp3) is 0.706. The summed E-state index contributed by atoms with van der Waals surface area (Å²) in [5.41, 5.74) is 0. The Morgan fingerprint density at radius 1 is 1.41 bits per heavy atom. The van der Waals surface area contributed by atoms with Crippen LogP contribution >= 0.6 is 11.3 Å². The van der Waals surface area contributed by atoms with Crippen molar-refractivity contribution in [3.8, 4) is 0 Å². The van der Waals surface area contributed by atoms with Crippen molar-refractivity contribution in [2.45, 2.75) is 38.6 Å². The molecule has 2 N–H and O–H groups in total. The van der Waals surface area contributed by atoms with E-state index in [2.05, 4.69) is 33.0 Å². The SMILES string of the molecule is CNCCC1CCN(C(C)C(=O)NCCc2cccs2)CC1. The normalized spacial score (nSPS) is 18.3. The molecule has 0 bridgehead atoms. The number of amides is 1. The maximum absolute atomic E-state index is 12.3. The second-order valence-electron chi connectivity index (χ2n) is 6.17. The molecule has 4 nitrogen and oxygen atoms in total. The molecule has 1 aliphatic heterocycles. The minimum Gasteiger partial charge on any atom is -0.354 e. The number of carbonyl (C=O) groups excluding carboxylic acids is 1. The molecule has 0 saturated carbocycles. The number of rotatable bonds is 8. The van der Waals surface area contributed by atoms with Crippen LogP contribution in [0.4, 0.5) is 0 Å². The van der Waals surface area contributed by atoms with E-state index in [0.29, 0.717) is 0 Å². The van der Waals surface area contributed by atoms with Crippen molar-refractivity contribution in [2.75, 3.05) is 33.2 Å². The van der Waals surface area contributed by atoms with Crippen molar-refractivity contribution in [3.05, 3.63) is 22.4 Å². The third-order valence-corrected chi connectivity index (χ3v) is 5.57. The molecule has 2 heterocycles. The first-order valence-electron chi connectivity index (χ1n) is 8.39. The van der Waals surface area contributed by atoms with Gasteiger partial charge in [-0.25, -0.2) is 0 Å². The lowest BCUT2D eigenvalue weighted by Crippen LogP contribution is -2.48. The molecular formula is C17H29N3OS. The summed E-state index contributed by atoms with van der Waals surface area (Å²) in [6.45, 7) is 5.97. The van der Waals surface area contributed by atoms with E-state index in [1.807, 2.05) is 14.0 Å². The summed E-state index contributed by atoms with van der Waals surface area (Å²) in [4.78, 5) is 15.9. The molecule has 0 radical (unpaired) electrons. The van der Waals surface area contributed by atoms with Crippen molar-refractivity contribution >= 4 is 17.2 Å². The molecule has 1 unspecified atom stereocenters. The topological polar surface area (TPSA) is 44.4 Å². The molecule has 124 valence electrons. The Kier molecular flexibility index (Phi) is 7.36. The Bertz CT molecular complexity index is 427. The van der Waals surface area contributed by atoms with Gasteiger partial charge in [-0.2, -0.15) is 0 Å². The van der Waals surface area contributed by atoms with Crippen LogP contribution in [0.2, 0.25) is 0 Å². The van der Waals surface area contributed by atoms with Crippen LogP contribution in [0.25, 0.3) is 0 Å². The molecule has 1 amide bonds. The number of nitrogens with zero attached hydrogens (tertiary/aromatic N) is 1. The summed E-state index contributed by atoms with van der Waals surface area (Å²) in [6.07, 6.45) is 4.62. The van der Waals surface area contributed by atoms with Crippen LogP contribution in [-0.4, -0.2) is 50.1 Å². The van der Waals surface area contributed by atoms with Crippen LogP contribution in [0, 0.1) is 5.92 Å². The van der Waals surface area contributed by atoms with Crippen molar-refractivity contribution in [2.24, 2.45) is 5.92 Å². The highest BCUT2D eigenvalue weighted by Gasteiger charge is 2.26. The van der Waals surface area contributed by atoms with Crippen molar-refractivity contribution < 1.29 is 4.79 Å². The zero-order valence-electron chi connectivity index (χ0n) is 13.8. The van der Waals surface area contributed by atoms with E-state index < -0.39 is 0 Å². The van der Waals surface area contributed by atoms with Gasteiger partial charge in [0.15, 0.2) is 0 Å². The van der Waals surface area contributed by atoms with Gasteiger partial charge in [-0.05, 0) is 76.7 Å². The molecule has 0 spiro atoms. The molecule has 1 saturated heterocycles. The molecule has 1 fully saturated rings. The molecule has 22 heavy (non-hydrogen) atoms. The van der Waals surface area contributed by atoms with Crippen LogP contribution < -0.4 is 10.6 Å². The molecule has 1 aromatic rings. The van der Waals surface area contributed by atoms with E-state index in [0.717, 1.165) is 38.5 Å². The average Bonchev–Trinajstić information content (AvgIpc) is 3.06. The minimum absolute atomic E-state index is 0.00594. The van der Waals surface area contributed by atoms with Crippen molar-refractivity contribution in [3.63, 3.8) is 0 Å². The zero-order valence-corrected chi connectivity index (χ0v) is 14.6. The van der Waals surface area contributed by atoms with Gasteiger partial charge in [0.25, 0.3) is 0 Å². The summed E-state index contributed by atoms with van der Waals surface area (Å²) < 4.78 is 0. The molecule has 2 rings (SSSR count). The highest BCUT2D eigenvalue weighted by molar-refractivity contribution is 7.09. The molecule has 5 heteroatoms. The summed E-state index contributed by atoms with van der Waals surface area (Å²) in [7, 11) is 2.01. The number of hydrogen-bond donors (Lipinski definition) is 2. The van der Waals surface area contributed by atoms with Gasteiger partial charge in [-0.3, -0.25) is 9.69 Å². The fourth-order valence-electron chi connectivity index (χ4n) is 3.05. The number of piperidine rings is 1. The molecule has 0 aromatic carbocycles. The van der Waals surface area contributed by atoms with E-state index in [4.69, 9.17) is 0 Å². The zero-order chi connectivity index (χ0) is 15.8. The molecular weight excluding hydrogens is 294 g/mol. The van der Waals surface area contributed by atoms with Crippen LogP contribution in [0.3, 0.4) is 0 Å². The Morgan fingerprint density at radius 2 is 2.18 bits per heavy atom. The van der Waals surface area contributed by atoms with Crippen LogP contribution in [0.1, 0.15) is 31.1 Å². The van der Waals surface area contributed by atoms with Gasteiger partial charge in [-0.15, -0.1) is 11.3 Å². The summed E-state index contributed by atoms with van der Waals surface area (Å²) in [5, 5.41) is 8.39. The quantitative estimate of drug-likeness (QED) is 0.770. The van der Waals surface area contributed by atoms with Crippen LogP contribution in [-0.2, 0) is 11.2 Å². The monoisotopic (exact) mass is 323 g/mol. The average molecular weight is 324 g/mol. The van der Waals surface area contributed by atoms with Crippen molar-refractivity contribution in [1.82, 2.24) is 15.5 Å². The van der Waals surface area contributed by atoms with E-state index in [-0.39, 0.29) is 11.9 Å². The first-order chi connectivity index (χ1) is 10.7. The van der Waals surface area contributed by atoms with Crippen LogP contribution in [0.5, 0.6) is 0 Å². The minimum atomic E-state index is -0.00594. The fourth-order valence-corrected chi connectivity index (χ4v) is 3.76. The predicted octanol–water partition coefficient (Wildman–Crippen LogP) is 2.12. The predicted molar refractivity (Wildman–Crippen MR) is 93.3 cm³/mol. The first kappa shape index (κ1) is 17.4. The lowest BCUT2D eigenvalue weighted by atomic mass is 9.93. The maximum Gasteiger partial charge on any atom is 0.237 e. The second kappa shape index (κ2) is 9.28. The number of nitrogens with one attached hydrogen (secondary N) is 2. The Morgan fingerprint density at radius 3 is 2.82 bits per heavy atom. The number of hydrogen-bond acceptors (Lipinski definition) is 4. The summed E-state index contributed by atoms with van der Waals surface area (Å²) in [6, 6.07) is 4.17. The smallest absolute Gasteiger partial charge is 0.237 e. The van der Waals surface area contributed by atoms with E-state index in [1.165, 1.54) is 24.1 Å². The van der Waals surface area contributed by atoms with Gasteiger partial charge in [0.1, 0.15) is 0 Å². The first-order valence-corrected chi connectivity index (χ1v) is 9.27. The van der Waals surface area contributed by atoms with Gasteiger partial charge in [0.2, 0.25) is 5.91 Å². The Hall–Kier alpha value is -0.910. The Labute approximate surface area is 138 Å². The largest absolute Gasteiger partial charge is 0.354 e. The molecule has 0 aliphatic carbocycles. The summed E-state index contributed by atoms with van der Waals surface area (Å²) >= 11 is 1.75. The van der Waals surface area contributed by atoms with Gasteiger partial charge >= 0.3 is 0 Å². The molecule has 1 aliphatic rings. The Balaban J connectivity index is 1.65. The maximum atomic E-state index is 12.3. The van der Waals surface area contributed by atoms with E-state index in [1.54, 1.807) is 11.3 Å². The van der Waals surface area contributed by atoms with Gasteiger partial charge in [0.05, 0.1) is 6.04 Å². The van der Waals surface area contributed by atoms with E-state index in [9.17, 15) is 4.79 Å². The van der Waals surface area contributed by atoms with Gasteiger partial charge in [-0.1, -0.05) is 6.07 Å². The summed E-state index contributed by atoms with van der Waals surface area (Å²) in [5.74, 6) is 0.989. The molecule has 1 aromatic heterocycles. The third kappa shape index (κ3) is 5.38. The standard InChI is InChI=1S/C17H29N3OS/c1-14(17(21)19-10-6-16-4-3-13-22-16)20-11-7-15(8-12-20)5-9-18-2/h3-4,13-15,18H,5-12H2,1-2H3,(H,19,21). The molecule has 1 atom stereocenters. The highest BCUT2D eigenvalue weighted by atomic mass is 32.1. The second-order valence-corrected chi connectivity index (χ2v) is 7.20. The van der Waals surface area contributed by atoms with Gasteiger partial charge < -0.3 is 10.6 Å². The van der Waals surface area contributed by atoms with E-state index >= 15 is 0 Å². The number of likely N-dealkylation sites (tertiary alicyclic amines) is 1. The highest BCUT2D eigenvalue weighted by Crippen LogP contribution is 2.21. The number of carbonyl (C=O) groups is 1. The number of thiophene rings is 1. The van der Waals surface area contributed by atoms with Crippen molar-refractivity contribution in [1.29, 1.82) is 0 Å². The lowest BCUT2D eigenvalue weighted by Gasteiger charge is -2.35. The van der Waals surface area contributed by atoms with Gasteiger partial charge in [0, 0.05) is 11.4 Å². The third-order valence-electron chi connectivity index (χ3n) is 4.63.